The van der Waals surface area contributed by atoms with E-state index in [1.54, 1.807) is 0 Å². The van der Waals surface area contributed by atoms with E-state index in [-0.39, 0.29) is 11.9 Å². The standard InChI is InChI=1S/C9H19NO.C3H9NO2S/c1-7(2)5-6-9(11)10-8(3)4;4-2-1-3-7(5)6/h7-8H,5-6H2,1-4H3,(H,10,11);1-4H2,(H,5,6). The smallest absolute Gasteiger partial charge is 0.220 e. The van der Waals surface area contributed by atoms with Crippen LogP contribution in [0, 0.1) is 5.92 Å². The molecule has 0 bridgehead atoms. The van der Waals surface area contributed by atoms with E-state index in [4.69, 9.17) is 10.3 Å². The van der Waals surface area contributed by atoms with Crippen molar-refractivity contribution >= 4 is 17.0 Å². The van der Waals surface area contributed by atoms with Crippen molar-refractivity contribution in [1.82, 2.24) is 5.32 Å². The van der Waals surface area contributed by atoms with Gasteiger partial charge in [-0.2, -0.15) is 0 Å². The number of nitrogens with two attached hydrogens (primary N) is 1. The maximum atomic E-state index is 11.0. The van der Waals surface area contributed by atoms with Crippen molar-refractivity contribution in [3.63, 3.8) is 0 Å². The summed E-state index contributed by atoms with van der Waals surface area (Å²) in [5.41, 5.74) is 5.03. The van der Waals surface area contributed by atoms with Gasteiger partial charge in [0.25, 0.3) is 0 Å². The highest BCUT2D eigenvalue weighted by Gasteiger charge is 2.03. The van der Waals surface area contributed by atoms with Gasteiger partial charge in [0, 0.05) is 12.5 Å². The number of nitrogens with one attached hydrogen (secondary N) is 1. The maximum Gasteiger partial charge on any atom is 0.220 e. The zero-order valence-electron chi connectivity index (χ0n) is 11.9. The van der Waals surface area contributed by atoms with Crippen LogP contribution < -0.4 is 11.1 Å². The Morgan fingerprint density at radius 2 is 1.89 bits per heavy atom. The van der Waals surface area contributed by atoms with Crippen LogP contribution in [0.1, 0.15) is 47.0 Å². The Labute approximate surface area is 113 Å². The molecule has 0 rings (SSSR count). The molecule has 0 saturated carbocycles. The Morgan fingerprint density at radius 1 is 1.33 bits per heavy atom. The molecule has 18 heavy (non-hydrogen) atoms. The zero-order valence-corrected chi connectivity index (χ0v) is 12.8. The average Bonchev–Trinajstić information content (AvgIpc) is 2.23. The summed E-state index contributed by atoms with van der Waals surface area (Å²) in [6.07, 6.45) is 2.28. The lowest BCUT2D eigenvalue weighted by Gasteiger charge is -2.08. The van der Waals surface area contributed by atoms with Gasteiger partial charge in [-0.25, -0.2) is 4.21 Å². The van der Waals surface area contributed by atoms with Gasteiger partial charge < -0.3 is 15.6 Å². The third-order valence-corrected chi connectivity index (χ3v) is 2.56. The highest BCUT2D eigenvalue weighted by atomic mass is 32.2. The Balaban J connectivity index is 0. The molecular weight excluding hydrogens is 252 g/mol. The van der Waals surface area contributed by atoms with E-state index in [2.05, 4.69) is 19.2 Å². The van der Waals surface area contributed by atoms with Crippen LogP contribution in [0.5, 0.6) is 0 Å². The molecule has 0 radical (unpaired) electrons. The van der Waals surface area contributed by atoms with E-state index < -0.39 is 11.1 Å². The molecule has 1 unspecified atom stereocenters. The van der Waals surface area contributed by atoms with Crippen molar-refractivity contribution in [1.29, 1.82) is 0 Å². The van der Waals surface area contributed by atoms with Crippen molar-refractivity contribution in [2.45, 2.75) is 53.0 Å². The summed E-state index contributed by atoms with van der Waals surface area (Å²) in [6, 6.07) is 0.273. The number of hydrogen-bond donors (Lipinski definition) is 3. The molecule has 0 aliphatic heterocycles. The Morgan fingerprint density at radius 3 is 2.17 bits per heavy atom. The van der Waals surface area contributed by atoms with Crippen LogP contribution in [0.4, 0.5) is 0 Å². The molecule has 0 aliphatic carbocycles. The van der Waals surface area contributed by atoms with Crippen molar-refractivity contribution in [2.75, 3.05) is 12.3 Å². The number of carbonyl (C=O) groups is 1. The molecule has 0 aliphatic rings. The van der Waals surface area contributed by atoms with Gasteiger partial charge in [-0.1, -0.05) is 13.8 Å². The van der Waals surface area contributed by atoms with Crippen molar-refractivity contribution in [2.24, 2.45) is 11.7 Å². The molecule has 0 heterocycles. The SMILES string of the molecule is CC(C)CCC(=O)NC(C)C.NCCCS(=O)O. The molecule has 0 aromatic carbocycles. The lowest BCUT2D eigenvalue weighted by Crippen LogP contribution is -2.29. The monoisotopic (exact) mass is 280 g/mol. The van der Waals surface area contributed by atoms with E-state index in [0.717, 1.165) is 6.42 Å². The lowest BCUT2D eigenvalue weighted by atomic mass is 10.1. The van der Waals surface area contributed by atoms with Crippen LogP contribution >= 0.6 is 0 Å². The first-order chi connectivity index (χ1) is 8.29. The minimum Gasteiger partial charge on any atom is -0.354 e. The first-order valence-corrected chi connectivity index (χ1v) is 7.64. The molecule has 1 amide bonds. The fourth-order valence-corrected chi connectivity index (χ4v) is 1.43. The van der Waals surface area contributed by atoms with Crippen LogP contribution in [0.25, 0.3) is 0 Å². The van der Waals surface area contributed by atoms with Gasteiger partial charge in [0.1, 0.15) is 0 Å². The largest absolute Gasteiger partial charge is 0.354 e. The fraction of sp³-hybridized carbons (Fsp3) is 0.917. The quantitative estimate of drug-likeness (QED) is 0.616. The molecule has 1 atom stereocenters. The van der Waals surface area contributed by atoms with Gasteiger partial charge in [-0.3, -0.25) is 4.79 Å². The van der Waals surface area contributed by atoms with Gasteiger partial charge in [0.2, 0.25) is 5.91 Å². The van der Waals surface area contributed by atoms with Crippen LogP contribution in [0.2, 0.25) is 0 Å². The molecule has 0 spiro atoms. The summed E-state index contributed by atoms with van der Waals surface area (Å²) in [7, 11) is 0. The summed E-state index contributed by atoms with van der Waals surface area (Å²) in [5.74, 6) is 1.10. The minimum absolute atomic E-state index is 0.175. The Hall–Kier alpha value is -0.460. The van der Waals surface area contributed by atoms with Crippen molar-refractivity contribution in [3.05, 3.63) is 0 Å². The van der Waals surface area contributed by atoms with Gasteiger partial charge in [-0.15, -0.1) is 0 Å². The topological polar surface area (TPSA) is 92.4 Å². The van der Waals surface area contributed by atoms with Crippen molar-refractivity contribution < 1.29 is 13.6 Å². The van der Waals surface area contributed by atoms with Crippen LogP contribution in [-0.4, -0.2) is 33.0 Å². The van der Waals surface area contributed by atoms with Gasteiger partial charge in [0.05, 0.1) is 5.75 Å². The summed E-state index contributed by atoms with van der Waals surface area (Å²) >= 11 is -1.65. The van der Waals surface area contributed by atoms with Gasteiger partial charge in [0.15, 0.2) is 11.1 Å². The summed E-state index contributed by atoms with van der Waals surface area (Å²) in [6.45, 7) is 8.71. The minimum atomic E-state index is -1.65. The van der Waals surface area contributed by atoms with E-state index in [9.17, 15) is 9.00 Å². The zero-order chi connectivity index (χ0) is 14.6. The van der Waals surface area contributed by atoms with E-state index >= 15 is 0 Å². The van der Waals surface area contributed by atoms with E-state index in [1.807, 2.05) is 13.8 Å². The number of amides is 1. The molecule has 0 fully saturated rings. The number of carbonyl (C=O) groups excluding carboxylic acids is 1. The first kappa shape index (κ1) is 19.9. The molecule has 0 aromatic heterocycles. The average molecular weight is 280 g/mol. The van der Waals surface area contributed by atoms with Gasteiger partial charge in [-0.05, 0) is 39.2 Å². The third kappa shape index (κ3) is 20.9. The van der Waals surface area contributed by atoms with Crippen molar-refractivity contribution in [3.8, 4) is 0 Å². The number of hydrogen-bond acceptors (Lipinski definition) is 3. The summed E-state index contributed by atoms with van der Waals surface area (Å²) < 4.78 is 17.9. The van der Waals surface area contributed by atoms with Gasteiger partial charge >= 0.3 is 0 Å². The maximum absolute atomic E-state index is 11.0. The molecule has 6 heteroatoms. The van der Waals surface area contributed by atoms with Crippen LogP contribution in [-0.2, 0) is 15.9 Å². The molecule has 0 aromatic rings. The highest BCUT2D eigenvalue weighted by molar-refractivity contribution is 7.79. The second-order valence-corrected chi connectivity index (χ2v) is 5.87. The molecular formula is C12H28N2O3S. The summed E-state index contributed by atoms with van der Waals surface area (Å²) in [4.78, 5) is 11.0. The van der Waals surface area contributed by atoms with E-state index in [1.165, 1.54) is 0 Å². The third-order valence-electron chi connectivity index (χ3n) is 1.92. The second-order valence-electron chi connectivity index (χ2n) is 4.82. The first-order valence-electron chi connectivity index (χ1n) is 6.36. The van der Waals surface area contributed by atoms with E-state index in [0.29, 0.717) is 31.1 Å². The molecule has 0 saturated heterocycles. The molecule has 110 valence electrons. The second kappa shape index (κ2) is 13.0. The normalized spacial score (nSPS) is 12.0. The number of rotatable bonds is 7. The van der Waals surface area contributed by atoms with Crippen LogP contribution in [0.3, 0.4) is 0 Å². The fourth-order valence-electron chi connectivity index (χ4n) is 1.02. The highest BCUT2D eigenvalue weighted by Crippen LogP contribution is 2.02. The predicted molar refractivity (Wildman–Crippen MR) is 76.7 cm³/mol. The lowest BCUT2D eigenvalue weighted by molar-refractivity contribution is -0.121. The molecule has 4 N–H and O–H groups in total. The molecule has 5 nitrogen and oxygen atoms in total. The Bertz CT molecular complexity index is 233. The predicted octanol–water partition coefficient (Wildman–Crippen LogP) is 1.50. The Kier molecular flexibility index (Phi) is 14.3. The van der Waals surface area contributed by atoms with Crippen LogP contribution in [0.15, 0.2) is 0 Å². The summed E-state index contributed by atoms with van der Waals surface area (Å²) in [5, 5.41) is 2.86.